The fraction of sp³-hybridized carbons (Fsp3) is 0.200. The van der Waals surface area contributed by atoms with Crippen LogP contribution < -0.4 is 10.6 Å². The highest BCUT2D eigenvalue weighted by Crippen LogP contribution is 2.33. The Kier molecular flexibility index (Phi) is 5.60. The van der Waals surface area contributed by atoms with E-state index in [4.69, 9.17) is 4.42 Å². The number of aromatic nitrogens is 7. The first-order valence-electron chi connectivity index (χ1n) is 11.7. The maximum atomic E-state index is 13.0. The molecule has 0 saturated carbocycles. The van der Waals surface area contributed by atoms with Gasteiger partial charge in [-0.3, -0.25) is 9.59 Å². The molecule has 2 amide bonds. The molecule has 6 rings (SSSR count). The Labute approximate surface area is 209 Å². The molecule has 2 aromatic carbocycles. The van der Waals surface area contributed by atoms with E-state index in [1.54, 1.807) is 6.92 Å². The van der Waals surface area contributed by atoms with E-state index in [0.717, 1.165) is 40.6 Å². The van der Waals surface area contributed by atoms with E-state index >= 15 is 0 Å². The molecule has 0 saturated heterocycles. The third-order valence-electron chi connectivity index (χ3n) is 6.27. The quantitative estimate of drug-likeness (QED) is 0.321. The first-order valence-corrected chi connectivity index (χ1v) is 11.7. The Bertz CT molecular complexity index is 1630. The Balaban J connectivity index is 1.11. The summed E-state index contributed by atoms with van der Waals surface area (Å²) in [5, 5.41) is 19.9. The minimum atomic E-state index is -0.409. The highest BCUT2D eigenvalue weighted by atomic mass is 16.3. The molecule has 184 valence electrons. The van der Waals surface area contributed by atoms with Crippen LogP contribution in [0.25, 0.3) is 22.5 Å². The lowest BCUT2D eigenvalue weighted by atomic mass is 10.0. The van der Waals surface area contributed by atoms with E-state index in [1.807, 2.05) is 36.4 Å². The molecular weight excluding hydrogens is 474 g/mol. The van der Waals surface area contributed by atoms with Crippen LogP contribution in [0.15, 0.2) is 53.2 Å². The lowest BCUT2D eigenvalue weighted by Gasteiger charge is -2.14. The average molecular weight is 496 g/mol. The van der Waals surface area contributed by atoms with Crippen molar-refractivity contribution in [3.8, 4) is 11.4 Å². The van der Waals surface area contributed by atoms with Gasteiger partial charge in [0.2, 0.25) is 5.82 Å². The summed E-state index contributed by atoms with van der Waals surface area (Å²) in [4.78, 5) is 38.1. The number of H-pyrrole nitrogens is 1. The Morgan fingerprint density at radius 2 is 1.95 bits per heavy atom. The molecule has 0 unspecified atom stereocenters. The van der Waals surface area contributed by atoms with E-state index in [2.05, 4.69) is 46.2 Å². The second-order valence-electron chi connectivity index (χ2n) is 8.72. The minimum Gasteiger partial charge on any atom is -0.441 e. The van der Waals surface area contributed by atoms with Gasteiger partial charge in [0.1, 0.15) is 23.2 Å². The summed E-state index contributed by atoms with van der Waals surface area (Å²) in [6.45, 7) is 2.06. The van der Waals surface area contributed by atoms with E-state index in [0.29, 0.717) is 17.3 Å². The summed E-state index contributed by atoms with van der Waals surface area (Å²) in [5.74, 6) is 0.324. The second-order valence-corrected chi connectivity index (χ2v) is 8.72. The molecule has 5 aromatic rings. The predicted molar refractivity (Wildman–Crippen MR) is 130 cm³/mol. The van der Waals surface area contributed by atoms with Crippen LogP contribution in [0.1, 0.15) is 56.0 Å². The van der Waals surface area contributed by atoms with E-state index in [-0.39, 0.29) is 29.9 Å². The summed E-state index contributed by atoms with van der Waals surface area (Å²) < 4.78 is 5.48. The fourth-order valence-electron chi connectivity index (χ4n) is 4.50. The zero-order valence-corrected chi connectivity index (χ0v) is 19.7. The van der Waals surface area contributed by atoms with Crippen molar-refractivity contribution in [1.82, 2.24) is 46.2 Å². The van der Waals surface area contributed by atoms with Crippen LogP contribution in [0.5, 0.6) is 0 Å². The molecule has 12 heteroatoms. The Morgan fingerprint density at radius 3 is 2.78 bits per heavy atom. The first-order chi connectivity index (χ1) is 18.0. The lowest BCUT2D eigenvalue weighted by Crippen LogP contribution is -2.29. The number of nitrogens with zero attached hydrogens (tertiary/aromatic N) is 6. The molecule has 0 spiro atoms. The third kappa shape index (κ3) is 4.51. The van der Waals surface area contributed by atoms with Crippen molar-refractivity contribution in [1.29, 1.82) is 0 Å². The van der Waals surface area contributed by atoms with Gasteiger partial charge in [-0.25, -0.2) is 15.0 Å². The standard InChI is InChI=1S/C25H21N9O3/c1-13-29-19-8-14(2-7-22(19)37-13)11-26-24(35)20-10-21(28-12-27-20)25(36)30-18-6-4-15-9-16(3-5-17(15)18)23-31-33-34-32-23/h2-3,5,7-10,12,18H,4,6,11H2,1H3,(H,26,35)(H,30,36)(H,31,32,33,34)/t18-/m0/s1. The number of rotatable bonds is 6. The van der Waals surface area contributed by atoms with E-state index in [9.17, 15) is 9.59 Å². The van der Waals surface area contributed by atoms with Gasteiger partial charge in [0.25, 0.3) is 11.8 Å². The second kappa shape index (κ2) is 9.22. The molecule has 1 aliphatic rings. The van der Waals surface area contributed by atoms with Crippen LogP contribution in [0.3, 0.4) is 0 Å². The van der Waals surface area contributed by atoms with Gasteiger partial charge in [0.05, 0.1) is 6.04 Å². The van der Waals surface area contributed by atoms with E-state index < -0.39 is 5.91 Å². The van der Waals surface area contributed by atoms with Gasteiger partial charge in [-0.15, -0.1) is 10.2 Å². The van der Waals surface area contributed by atoms with Crippen LogP contribution in [-0.2, 0) is 13.0 Å². The highest BCUT2D eigenvalue weighted by molar-refractivity contribution is 5.97. The zero-order chi connectivity index (χ0) is 25.4. The zero-order valence-electron chi connectivity index (χ0n) is 19.7. The normalized spacial score (nSPS) is 14.5. The van der Waals surface area contributed by atoms with Gasteiger partial charge in [0.15, 0.2) is 11.5 Å². The molecule has 3 N–H and O–H groups in total. The average Bonchev–Trinajstić information content (AvgIpc) is 3.66. The number of oxazole rings is 1. The van der Waals surface area contributed by atoms with Crippen LogP contribution in [0, 0.1) is 6.92 Å². The van der Waals surface area contributed by atoms with Gasteiger partial charge in [-0.1, -0.05) is 18.2 Å². The number of nitrogens with one attached hydrogen (secondary N) is 3. The van der Waals surface area contributed by atoms with Crippen LogP contribution in [0.2, 0.25) is 0 Å². The van der Waals surface area contributed by atoms with Crippen molar-refractivity contribution in [3.63, 3.8) is 0 Å². The van der Waals surface area contributed by atoms with Crippen molar-refractivity contribution in [2.75, 3.05) is 0 Å². The van der Waals surface area contributed by atoms with Gasteiger partial charge < -0.3 is 15.1 Å². The van der Waals surface area contributed by atoms with Gasteiger partial charge in [-0.05, 0) is 52.9 Å². The monoisotopic (exact) mass is 495 g/mol. The Morgan fingerprint density at radius 1 is 1.08 bits per heavy atom. The lowest BCUT2D eigenvalue weighted by molar-refractivity contribution is 0.0931. The van der Waals surface area contributed by atoms with Gasteiger partial charge >= 0.3 is 0 Å². The highest BCUT2D eigenvalue weighted by Gasteiger charge is 2.26. The number of tetrazole rings is 1. The number of hydrogen-bond acceptors (Lipinski definition) is 9. The third-order valence-corrected chi connectivity index (χ3v) is 6.27. The summed E-state index contributed by atoms with van der Waals surface area (Å²) in [7, 11) is 0. The van der Waals surface area contributed by atoms with Crippen molar-refractivity contribution >= 4 is 22.9 Å². The number of benzene rings is 2. The predicted octanol–water partition coefficient (Wildman–Crippen LogP) is 2.45. The molecule has 0 radical (unpaired) electrons. The molecule has 37 heavy (non-hydrogen) atoms. The van der Waals surface area contributed by atoms with Crippen LogP contribution >= 0.6 is 0 Å². The van der Waals surface area contributed by atoms with Gasteiger partial charge in [-0.2, -0.15) is 5.21 Å². The number of carbonyl (C=O) groups excluding carboxylic acids is 2. The Hall–Kier alpha value is -5.00. The maximum Gasteiger partial charge on any atom is 0.270 e. The first kappa shape index (κ1) is 22.5. The van der Waals surface area contributed by atoms with Crippen molar-refractivity contribution < 1.29 is 14.0 Å². The molecule has 3 heterocycles. The summed E-state index contributed by atoms with van der Waals surface area (Å²) in [5.41, 5.74) is 5.53. The topological polar surface area (TPSA) is 164 Å². The number of fused-ring (bicyclic) bond motifs is 2. The van der Waals surface area contributed by atoms with Crippen molar-refractivity contribution in [3.05, 3.63) is 82.8 Å². The number of amides is 2. The molecule has 0 bridgehead atoms. The molecule has 0 aliphatic heterocycles. The molecule has 12 nitrogen and oxygen atoms in total. The molecule has 1 atom stereocenters. The molecule has 1 aliphatic carbocycles. The largest absolute Gasteiger partial charge is 0.441 e. The summed E-state index contributed by atoms with van der Waals surface area (Å²) >= 11 is 0. The van der Waals surface area contributed by atoms with Crippen molar-refractivity contribution in [2.24, 2.45) is 0 Å². The smallest absolute Gasteiger partial charge is 0.270 e. The summed E-state index contributed by atoms with van der Waals surface area (Å²) in [6.07, 6.45) is 2.78. The summed E-state index contributed by atoms with van der Waals surface area (Å²) in [6, 6.07) is 12.6. The van der Waals surface area contributed by atoms with E-state index in [1.165, 1.54) is 12.4 Å². The number of aromatic amines is 1. The fourth-order valence-corrected chi connectivity index (χ4v) is 4.50. The van der Waals surface area contributed by atoms with Crippen LogP contribution in [0.4, 0.5) is 0 Å². The van der Waals surface area contributed by atoms with Crippen LogP contribution in [-0.4, -0.2) is 47.4 Å². The molecule has 3 aromatic heterocycles. The molecule has 0 fully saturated rings. The SMILES string of the molecule is Cc1nc2cc(CNC(=O)c3cc(C(=O)N[C@H]4CCc5cc(-c6nn[nH]n6)ccc54)ncn3)ccc2o1. The molecular formula is C25H21N9O3. The minimum absolute atomic E-state index is 0.107. The van der Waals surface area contributed by atoms with Gasteiger partial charge in [0, 0.05) is 25.1 Å². The van der Waals surface area contributed by atoms with Crippen molar-refractivity contribution in [2.45, 2.75) is 32.4 Å². The maximum absolute atomic E-state index is 13.0. The number of aryl methyl sites for hydroxylation is 2. The number of carbonyl (C=O) groups is 2. The number of hydrogen-bond donors (Lipinski definition) is 3.